The minimum atomic E-state index is -0.893. The first-order valence-electron chi connectivity index (χ1n) is 5.26. The number of rotatable bonds is 1. The summed E-state index contributed by atoms with van der Waals surface area (Å²) in [7, 11) is 0. The van der Waals surface area contributed by atoms with Crippen LogP contribution >= 0.6 is 0 Å². The van der Waals surface area contributed by atoms with E-state index in [1.54, 1.807) is 0 Å². The van der Waals surface area contributed by atoms with E-state index in [9.17, 15) is 9.50 Å². The lowest BCUT2D eigenvalue weighted by molar-refractivity contribution is 0.238. The van der Waals surface area contributed by atoms with Gasteiger partial charge in [-0.2, -0.15) is 0 Å². The molecule has 0 fully saturated rings. The number of hydrogen-bond acceptors (Lipinski definition) is 1. The summed E-state index contributed by atoms with van der Waals surface area (Å²) >= 11 is 0. The topological polar surface area (TPSA) is 20.2 Å². The predicted octanol–water partition coefficient (Wildman–Crippen LogP) is 2.91. The second-order valence-electron chi connectivity index (χ2n) is 3.59. The zero-order chi connectivity index (χ0) is 12.1. The van der Waals surface area contributed by atoms with Gasteiger partial charge in [0.05, 0.1) is 0 Å². The minimum absolute atomic E-state index is 0.322. The summed E-state index contributed by atoms with van der Waals surface area (Å²) in [6.07, 6.45) is -0.893. The van der Waals surface area contributed by atoms with Gasteiger partial charge >= 0.3 is 0 Å². The number of aliphatic hydroxyl groups excluding tert-OH is 1. The largest absolute Gasteiger partial charge is 0.376 e. The molecule has 0 unspecified atom stereocenters. The molecular weight excluding hydrogens is 215 g/mol. The van der Waals surface area contributed by atoms with Gasteiger partial charge in [0.1, 0.15) is 11.9 Å². The number of halogens is 1. The normalized spacial score (nSPS) is 11.4. The fourth-order valence-corrected chi connectivity index (χ4v) is 1.40. The van der Waals surface area contributed by atoms with Crippen molar-refractivity contribution in [3.8, 4) is 11.8 Å². The lowest BCUT2D eigenvalue weighted by atomic mass is 10.1. The molecule has 0 aliphatic rings. The average molecular weight is 226 g/mol. The van der Waals surface area contributed by atoms with Crippen LogP contribution in [0.15, 0.2) is 54.6 Å². The lowest BCUT2D eigenvalue weighted by Gasteiger charge is -2.02. The molecule has 2 aromatic carbocycles. The lowest BCUT2D eigenvalue weighted by Crippen LogP contribution is -1.93. The van der Waals surface area contributed by atoms with E-state index in [4.69, 9.17) is 0 Å². The Labute approximate surface area is 99.5 Å². The Hall–Kier alpha value is -2.11. The van der Waals surface area contributed by atoms with Crippen molar-refractivity contribution in [1.82, 2.24) is 0 Å². The third-order valence-electron chi connectivity index (χ3n) is 2.31. The van der Waals surface area contributed by atoms with E-state index in [0.29, 0.717) is 5.56 Å². The Morgan fingerprint density at radius 2 is 1.59 bits per heavy atom. The fraction of sp³-hybridized carbons (Fsp3) is 0.0667. The standard InChI is InChI=1S/C15H11FO/c16-14-9-7-13(8-10-14)15(17)11-6-12-4-2-1-3-5-12/h1-5,7-10,15,17H/t15-/m0/s1. The second-order valence-corrected chi connectivity index (χ2v) is 3.59. The molecule has 2 heteroatoms. The van der Waals surface area contributed by atoms with Crippen molar-refractivity contribution in [2.45, 2.75) is 6.10 Å². The fourth-order valence-electron chi connectivity index (χ4n) is 1.40. The van der Waals surface area contributed by atoms with Gasteiger partial charge in [-0.3, -0.25) is 0 Å². The van der Waals surface area contributed by atoms with E-state index in [2.05, 4.69) is 11.8 Å². The van der Waals surface area contributed by atoms with E-state index in [-0.39, 0.29) is 5.82 Å². The van der Waals surface area contributed by atoms with Gasteiger partial charge in [-0.05, 0) is 29.8 Å². The van der Waals surface area contributed by atoms with Crippen LogP contribution in [0.3, 0.4) is 0 Å². The first-order chi connectivity index (χ1) is 8.25. The van der Waals surface area contributed by atoms with Crippen LogP contribution in [0, 0.1) is 17.7 Å². The zero-order valence-electron chi connectivity index (χ0n) is 9.10. The monoisotopic (exact) mass is 226 g/mol. The van der Waals surface area contributed by atoms with Crippen LogP contribution in [-0.4, -0.2) is 5.11 Å². The van der Waals surface area contributed by atoms with E-state index in [1.807, 2.05) is 30.3 Å². The molecule has 0 bridgehead atoms. The smallest absolute Gasteiger partial charge is 0.140 e. The average Bonchev–Trinajstić information content (AvgIpc) is 2.38. The van der Waals surface area contributed by atoms with Gasteiger partial charge in [0.2, 0.25) is 0 Å². The molecule has 0 aliphatic carbocycles. The molecular formula is C15H11FO. The SMILES string of the molecule is O[C@@H](C#Cc1ccccc1)c1ccc(F)cc1. The maximum atomic E-state index is 12.7. The van der Waals surface area contributed by atoms with E-state index in [0.717, 1.165) is 5.56 Å². The molecule has 1 atom stereocenters. The molecule has 0 spiro atoms. The van der Waals surface area contributed by atoms with Crippen molar-refractivity contribution in [3.05, 3.63) is 71.5 Å². The van der Waals surface area contributed by atoms with Gasteiger partial charge < -0.3 is 5.11 Å². The molecule has 17 heavy (non-hydrogen) atoms. The van der Waals surface area contributed by atoms with E-state index >= 15 is 0 Å². The highest BCUT2D eigenvalue weighted by molar-refractivity contribution is 5.36. The Balaban J connectivity index is 2.15. The molecule has 2 aromatic rings. The Bertz CT molecular complexity index is 535. The summed E-state index contributed by atoms with van der Waals surface area (Å²) < 4.78 is 12.7. The molecule has 0 aromatic heterocycles. The molecule has 0 saturated carbocycles. The highest BCUT2D eigenvalue weighted by Crippen LogP contribution is 2.12. The van der Waals surface area contributed by atoms with Crippen molar-refractivity contribution >= 4 is 0 Å². The summed E-state index contributed by atoms with van der Waals surface area (Å²) in [5.74, 6) is 5.26. The first-order valence-corrected chi connectivity index (χ1v) is 5.26. The molecule has 0 radical (unpaired) electrons. The molecule has 1 N–H and O–H groups in total. The van der Waals surface area contributed by atoms with E-state index < -0.39 is 6.10 Å². The number of aliphatic hydroxyl groups is 1. The Morgan fingerprint density at radius 3 is 2.24 bits per heavy atom. The highest BCUT2D eigenvalue weighted by atomic mass is 19.1. The molecule has 0 amide bonds. The van der Waals surface area contributed by atoms with E-state index in [1.165, 1.54) is 24.3 Å². The quantitative estimate of drug-likeness (QED) is 0.741. The number of hydrogen-bond donors (Lipinski definition) is 1. The van der Waals surface area contributed by atoms with Gasteiger partial charge in [0.15, 0.2) is 0 Å². The van der Waals surface area contributed by atoms with Crippen LogP contribution in [0.2, 0.25) is 0 Å². The zero-order valence-corrected chi connectivity index (χ0v) is 9.10. The van der Waals surface area contributed by atoms with Crippen LogP contribution in [-0.2, 0) is 0 Å². The first kappa shape index (κ1) is 11.4. The summed E-state index contributed by atoms with van der Waals surface area (Å²) in [6.45, 7) is 0. The molecule has 1 nitrogen and oxygen atoms in total. The highest BCUT2D eigenvalue weighted by Gasteiger charge is 2.02. The van der Waals surface area contributed by atoms with Crippen LogP contribution in [0.5, 0.6) is 0 Å². The maximum Gasteiger partial charge on any atom is 0.140 e. The molecule has 0 heterocycles. The van der Waals surface area contributed by atoms with Gasteiger partial charge in [0, 0.05) is 5.56 Å². The third-order valence-corrected chi connectivity index (χ3v) is 2.31. The number of benzene rings is 2. The van der Waals surface area contributed by atoms with Gasteiger partial charge in [-0.25, -0.2) is 4.39 Å². The Kier molecular flexibility index (Phi) is 3.54. The molecule has 0 aliphatic heterocycles. The van der Waals surface area contributed by atoms with Crippen LogP contribution in [0.25, 0.3) is 0 Å². The van der Waals surface area contributed by atoms with Crippen LogP contribution in [0.4, 0.5) is 4.39 Å². The van der Waals surface area contributed by atoms with Crippen molar-refractivity contribution in [2.75, 3.05) is 0 Å². The van der Waals surface area contributed by atoms with Crippen molar-refractivity contribution in [2.24, 2.45) is 0 Å². The summed E-state index contributed by atoms with van der Waals surface area (Å²) in [4.78, 5) is 0. The maximum absolute atomic E-state index is 12.7. The predicted molar refractivity (Wildman–Crippen MR) is 64.7 cm³/mol. The van der Waals surface area contributed by atoms with Gasteiger partial charge in [0.25, 0.3) is 0 Å². The van der Waals surface area contributed by atoms with Crippen LogP contribution < -0.4 is 0 Å². The van der Waals surface area contributed by atoms with Crippen molar-refractivity contribution < 1.29 is 9.50 Å². The second kappa shape index (κ2) is 5.29. The minimum Gasteiger partial charge on any atom is -0.376 e. The summed E-state index contributed by atoms with van der Waals surface area (Å²) in [5, 5.41) is 9.78. The van der Waals surface area contributed by atoms with Gasteiger partial charge in [-0.15, -0.1) is 0 Å². The van der Waals surface area contributed by atoms with Crippen LogP contribution in [0.1, 0.15) is 17.2 Å². The third kappa shape index (κ3) is 3.17. The van der Waals surface area contributed by atoms with Crippen molar-refractivity contribution in [1.29, 1.82) is 0 Å². The molecule has 2 rings (SSSR count). The van der Waals surface area contributed by atoms with Gasteiger partial charge in [-0.1, -0.05) is 42.2 Å². The summed E-state index contributed by atoms with van der Waals surface area (Å²) in [5.41, 5.74) is 1.43. The Morgan fingerprint density at radius 1 is 0.941 bits per heavy atom. The molecule has 0 saturated heterocycles. The summed E-state index contributed by atoms with van der Waals surface area (Å²) in [6, 6.07) is 15.1. The van der Waals surface area contributed by atoms with Crippen molar-refractivity contribution in [3.63, 3.8) is 0 Å². The molecule has 84 valence electrons.